The number of aliphatic carboxylic acids is 1. The SMILES string of the molecule is C[C@H](N)[C@H](OCc1ccccc1)[C@H](C)CC(=O)O. The molecule has 0 unspecified atom stereocenters. The minimum atomic E-state index is -0.823. The summed E-state index contributed by atoms with van der Waals surface area (Å²) in [6.07, 6.45) is -0.178. The predicted octanol–water partition coefficient (Wildman–Crippen LogP) is 2.03. The molecule has 4 nitrogen and oxygen atoms in total. The summed E-state index contributed by atoms with van der Waals surface area (Å²) in [6, 6.07) is 9.59. The van der Waals surface area contributed by atoms with Gasteiger partial charge in [0.15, 0.2) is 0 Å². The van der Waals surface area contributed by atoms with Crippen LogP contribution in [0.4, 0.5) is 0 Å². The number of benzene rings is 1. The zero-order valence-electron chi connectivity index (χ0n) is 10.9. The summed E-state index contributed by atoms with van der Waals surface area (Å²) >= 11 is 0. The van der Waals surface area contributed by atoms with E-state index in [-0.39, 0.29) is 24.5 Å². The molecule has 0 heterocycles. The Morgan fingerprint density at radius 1 is 1.33 bits per heavy atom. The van der Waals surface area contributed by atoms with E-state index in [0.29, 0.717) is 6.61 Å². The maximum atomic E-state index is 10.7. The standard InChI is InChI=1S/C14H21NO3/c1-10(8-13(16)17)14(11(2)15)18-9-12-6-4-3-5-7-12/h3-7,10-11,14H,8-9,15H2,1-2H3,(H,16,17)/t10-,11+,14-/m1/s1. The number of carboxylic acids is 1. The van der Waals surface area contributed by atoms with Gasteiger partial charge in [0.2, 0.25) is 0 Å². The van der Waals surface area contributed by atoms with Crippen LogP contribution in [-0.2, 0) is 16.1 Å². The molecule has 0 radical (unpaired) electrons. The molecule has 0 aliphatic carbocycles. The van der Waals surface area contributed by atoms with E-state index in [1.54, 1.807) is 0 Å². The third-order valence-corrected chi connectivity index (χ3v) is 2.86. The van der Waals surface area contributed by atoms with Crippen molar-refractivity contribution in [2.45, 2.75) is 39.0 Å². The molecule has 0 aliphatic heterocycles. The number of carboxylic acid groups (broad SMARTS) is 1. The number of carbonyl (C=O) groups is 1. The first-order valence-corrected chi connectivity index (χ1v) is 6.13. The van der Waals surface area contributed by atoms with Gasteiger partial charge in [-0.1, -0.05) is 37.3 Å². The number of ether oxygens (including phenoxy) is 1. The first kappa shape index (κ1) is 14.7. The van der Waals surface area contributed by atoms with Crippen LogP contribution in [0.2, 0.25) is 0 Å². The van der Waals surface area contributed by atoms with Gasteiger partial charge in [-0.05, 0) is 18.4 Å². The molecular formula is C14H21NO3. The van der Waals surface area contributed by atoms with Gasteiger partial charge in [-0.2, -0.15) is 0 Å². The summed E-state index contributed by atoms with van der Waals surface area (Å²) in [4.78, 5) is 10.7. The van der Waals surface area contributed by atoms with E-state index in [1.807, 2.05) is 44.2 Å². The van der Waals surface area contributed by atoms with E-state index in [9.17, 15) is 4.79 Å². The minimum absolute atomic E-state index is 0.0704. The molecule has 3 N–H and O–H groups in total. The Morgan fingerprint density at radius 2 is 1.94 bits per heavy atom. The Bertz CT molecular complexity index is 365. The highest BCUT2D eigenvalue weighted by Crippen LogP contribution is 2.16. The van der Waals surface area contributed by atoms with E-state index >= 15 is 0 Å². The summed E-state index contributed by atoms with van der Waals surface area (Å²) in [5.41, 5.74) is 6.92. The van der Waals surface area contributed by atoms with E-state index in [1.165, 1.54) is 0 Å². The molecule has 1 aromatic carbocycles. The van der Waals surface area contributed by atoms with Gasteiger partial charge >= 0.3 is 5.97 Å². The number of hydrogen-bond acceptors (Lipinski definition) is 3. The molecule has 0 aromatic heterocycles. The normalized spacial score (nSPS) is 15.9. The fourth-order valence-electron chi connectivity index (χ4n) is 1.99. The highest BCUT2D eigenvalue weighted by atomic mass is 16.5. The third kappa shape index (κ3) is 4.85. The molecule has 0 fully saturated rings. The maximum Gasteiger partial charge on any atom is 0.303 e. The Kier molecular flexibility index (Phi) is 5.82. The average molecular weight is 251 g/mol. The maximum absolute atomic E-state index is 10.7. The Balaban J connectivity index is 2.55. The predicted molar refractivity (Wildman–Crippen MR) is 70.1 cm³/mol. The van der Waals surface area contributed by atoms with Crippen molar-refractivity contribution in [1.29, 1.82) is 0 Å². The fraction of sp³-hybridized carbons (Fsp3) is 0.500. The van der Waals surface area contributed by atoms with Crippen molar-refractivity contribution in [3.8, 4) is 0 Å². The van der Waals surface area contributed by atoms with E-state index in [4.69, 9.17) is 15.6 Å². The molecule has 0 spiro atoms. The lowest BCUT2D eigenvalue weighted by Gasteiger charge is -2.26. The summed E-state index contributed by atoms with van der Waals surface area (Å²) in [5, 5.41) is 8.80. The molecule has 4 heteroatoms. The van der Waals surface area contributed by atoms with Crippen molar-refractivity contribution in [3.63, 3.8) is 0 Å². The van der Waals surface area contributed by atoms with Crippen molar-refractivity contribution in [1.82, 2.24) is 0 Å². The smallest absolute Gasteiger partial charge is 0.303 e. The molecule has 0 saturated carbocycles. The first-order valence-electron chi connectivity index (χ1n) is 6.13. The number of hydrogen-bond donors (Lipinski definition) is 2. The van der Waals surface area contributed by atoms with Crippen LogP contribution in [0.1, 0.15) is 25.8 Å². The largest absolute Gasteiger partial charge is 0.481 e. The van der Waals surface area contributed by atoms with Crippen molar-refractivity contribution in [2.75, 3.05) is 0 Å². The summed E-state index contributed by atoms with van der Waals surface area (Å²) in [6.45, 7) is 4.15. The van der Waals surface area contributed by atoms with Crippen LogP contribution >= 0.6 is 0 Å². The molecule has 1 aromatic rings. The Morgan fingerprint density at radius 3 is 2.44 bits per heavy atom. The van der Waals surface area contributed by atoms with E-state index in [2.05, 4.69) is 0 Å². The van der Waals surface area contributed by atoms with Gasteiger partial charge in [0.1, 0.15) is 0 Å². The number of rotatable bonds is 7. The minimum Gasteiger partial charge on any atom is -0.481 e. The second kappa shape index (κ2) is 7.13. The summed E-state index contributed by atoms with van der Waals surface area (Å²) < 4.78 is 5.76. The van der Waals surface area contributed by atoms with Crippen LogP contribution in [0, 0.1) is 5.92 Å². The van der Waals surface area contributed by atoms with Crippen LogP contribution in [0.3, 0.4) is 0 Å². The van der Waals surface area contributed by atoms with Gasteiger partial charge in [-0.15, -0.1) is 0 Å². The van der Waals surface area contributed by atoms with Crippen LogP contribution in [0.5, 0.6) is 0 Å². The average Bonchev–Trinajstić information content (AvgIpc) is 2.29. The molecule has 100 valence electrons. The molecule has 0 amide bonds. The van der Waals surface area contributed by atoms with Gasteiger partial charge in [-0.3, -0.25) is 4.79 Å². The highest BCUT2D eigenvalue weighted by molar-refractivity contribution is 5.67. The van der Waals surface area contributed by atoms with Crippen molar-refractivity contribution >= 4 is 5.97 Å². The zero-order valence-corrected chi connectivity index (χ0v) is 10.9. The topological polar surface area (TPSA) is 72.5 Å². The highest BCUT2D eigenvalue weighted by Gasteiger charge is 2.24. The summed E-state index contributed by atoms with van der Waals surface area (Å²) in [5.74, 6) is -0.928. The third-order valence-electron chi connectivity index (χ3n) is 2.86. The zero-order chi connectivity index (χ0) is 13.5. The lowest BCUT2D eigenvalue weighted by atomic mass is 9.96. The lowest BCUT2D eigenvalue weighted by Crippen LogP contribution is -2.39. The van der Waals surface area contributed by atoms with Crippen LogP contribution in [0.15, 0.2) is 30.3 Å². The van der Waals surface area contributed by atoms with Gasteiger partial charge < -0.3 is 15.6 Å². The van der Waals surface area contributed by atoms with Gasteiger partial charge in [-0.25, -0.2) is 0 Å². The van der Waals surface area contributed by atoms with Crippen molar-refractivity contribution < 1.29 is 14.6 Å². The monoisotopic (exact) mass is 251 g/mol. The molecule has 0 bridgehead atoms. The van der Waals surface area contributed by atoms with Crippen LogP contribution in [0.25, 0.3) is 0 Å². The lowest BCUT2D eigenvalue weighted by molar-refractivity contribution is -0.139. The second-order valence-electron chi connectivity index (χ2n) is 4.70. The van der Waals surface area contributed by atoms with E-state index in [0.717, 1.165) is 5.56 Å². The quantitative estimate of drug-likeness (QED) is 0.777. The van der Waals surface area contributed by atoms with Crippen molar-refractivity contribution in [3.05, 3.63) is 35.9 Å². The summed E-state index contributed by atoms with van der Waals surface area (Å²) in [7, 11) is 0. The Labute approximate surface area is 108 Å². The van der Waals surface area contributed by atoms with Crippen LogP contribution in [-0.4, -0.2) is 23.2 Å². The van der Waals surface area contributed by atoms with Gasteiger partial charge in [0.05, 0.1) is 19.1 Å². The Hall–Kier alpha value is -1.39. The van der Waals surface area contributed by atoms with Crippen molar-refractivity contribution in [2.24, 2.45) is 11.7 Å². The molecule has 0 saturated heterocycles. The molecule has 3 atom stereocenters. The second-order valence-corrected chi connectivity index (χ2v) is 4.70. The van der Waals surface area contributed by atoms with E-state index < -0.39 is 5.97 Å². The van der Waals surface area contributed by atoms with Crippen LogP contribution < -0.4 is 5.73 Å². The molecule has 1 rings (SSSR count). The van der Waals surface area contributed by atoms with Gasteiger partial charge in [0.25, 0.3) is 0 Å². The molecule has 0 aliphatic rings. The molecule has 18 heavy (non-hydrogen) atoms. The van der Waals surface area contributed by atoms with Gasteiger partial charge in [0, 0.05) is 6.04 Å². The first-order chi connectivity index (χ1) is 8.50. The fourth-order valence-corrected chi connectivity index (χ4v) is 1.99. The number of nitrogens with two attached hydrogens (primary N) is 1. The molecular weight excluding hydrogens is 230 g/mol.